The number of carboxylic acid groups (broad SMARTS) is 1. The molecule has 0 unspecified atom stereocenters. The van der Waals surface area contributed by atoms with E-state index in [0.29, 0.717) is 6.42 Å². The quantitative estimate of drug-likeness (QED) is 0.522. The first-order valence-corrected chi connectivity index (χ1v) is 8.44. The van der Waals surface area contributed by atoms with Crippen molar-refractivity contribution in [2.75, 3.05) is 0 Å². The summed E-state index contributed by atoms with van der Waals surface area (Å²) in [6.07, 6.45) is -1.57. The van der Waals surface area contributed by atoms with Gasteiger partial charge in [-0.1, -0.05) is 50.6 Å². The van der Waals surface area contributed by atoms with Crippen molar-refractivity contribution in [3.05, 3.63) is 35.9 Å². The molecule has 144 valence electrons. The van der Waals surface area contributed by atoms with Gasteiger partial charge in [-0.15, -0.1) is 0 Å². The Morgan fingerprint density at radius 3 is 2.19 bits per heavy atom. The van der Waals surface area contributed by atoms with Crippen molar-refractivity contribution in [3.8, 4) is 0 Å². The molecule has 1 rings (SSSR count). The summed E-state index contributed by atoms with van der Waals surface area (Å²) in [6.45, 7) is 4.82. The number of hydrogen-bond acceptors (Lipinski definition) is 5. The number of alkyl carbamates (subject to hydrolysis) is 1. The average Bonchev–Trinajstić information content (AvgIpc) is 2.61. The van der Waals surface area contributed by atoms with E-state index in [4.69, 9.17) is 4.74 Å². The van der Waals surface area contributed by atoms with Crippen LogP contribution in [0.4, 0.5) is 4.79 Å². The van der Waals surface area contributed by atoms with E-state index in [0.717, 1.165) is 5.56 Å². The summed E-state index contributed by atoms with van der Waals surface area (Å²) in [5, 5.41) is 23.7. The molecule has 0 aliphatic heterocycles. The second-order valence-electron chi connectivity index (χ2n) is 6.13. The first-order valence-electron chi connectivity index (χ1n) is 8.44. The number of carbonyl (C=O) groups excluding carboxylic acids is 2. The number of carbonyl (C=O) groups is 3. The van der Waals surface area contributed by atoms with Crippen molar-refractivity contribution in [2.45, 2.75) is 52.0 Å². The first-order chi connectivity index (χ1) is 12.3. The molecule has 2 amide bonds. The van der Waals surface area contributed by atoms with Gasteiger partial charge < -0.3 is 25.6 Å². The Labute approximate surface area is 152 Å². The van der Waals surface area contributed by atoms with Gasteiger partial charge in [-0.2, -0.15) is 0 Å². The van der Waals surface area contributed by atoms with Crippen molar-refractivity contribution in [3.63, 3.8) is 0 Å². The van der Waals surface area contributed by atoms with Gasteiger partial charge in [0, 0.05) is 0 Å². The van der Waals surface area contributed by atoms with E-state index in [2.05, 4.69) is 10.6 Å². The summed E-state index contributed by atoms with van der Waals surface area (Å²) in [6, 6.07) is 6.52. The van der Waals surface area contributed by atoms with Crippen molar-refractivity contribution in [1.82, 2.24) is 10.6 Å². The molecule has 4 N–H and O–H groups in total. The van der Waals surface area contributed by atoms with E-state index in [-0.39, 0.29) is 12.5 Å². The molecule has 0 radical (unpaired) electrons. The highest BCUT2D eigenvalue weighted by Crippen LogP contribution is 2.09. The maximum atomic E-state index is 12.3. The second-order valence-corrected chi connectivity index (χ2v) is 6.13. The number of rotatable bonds is 9. The Bertz CT molecular complexity index is 605. The van der Waals surface area contributed by atoms with E-state index in [1.807, 2.05) is 6.07 Å². The molecule has 4 atom stereocenters. The highest BCUT2D eigenvalue weighted by molar-refractivity contribution is 5.89. The lowest BCUT2D eigenvalue weighted by molar-refractivity contribution is -0.144. The molecule has 8 heteroatoms. The highest BCUT2D eigenvalue weighted by atomic mass is 16.5. The Kier molecular flexibility index (Phi) is 8.57. The molecule has 1 aromatic carbocycles. The van der Waals surface area contributed by atoms with Crippen molar-refractivity contribution < 1.29 is 29.3 Å². The SMILES string of the molecule is CC[C@H](C)[C@H](NC(=O)[C@@H](NC(=O)OCc1ccccc1)[C@@H](C)O)C(=O)O. The van der Waals surface area contributed by atoms with Crippen LogP contribution in [-0.2, 0) is 20.9 Å². The topological polar surface area (TPSA) is 125 Å². The number of ether oxygens (including phenoxy) is 1. The number of carboxylic acids is 1. The van der Waals surface area contributed by atoms with Crippen LogP contribution in [0.5, 0.6) is 0 Å². The number of aliphatic hydroxyl groups is 1. The van der Waals surface area contributed by atoms with Gasteiger partial charge >= 0.3 is 12.1 Å². The third-order valence-electron chi connectivity index (χ3n) is 4.03. The average molecular weight is 366 g/mol. The number of amides is 2. The maximum Gasteiger partial charge on any atom is 0.408 e. The maximum absolute atomic E-state index is 12.3. The van der Waals surface area contributed by atoms with E-state index < -0.39 is 36.2 Å². The van der Waals surface area contributed by atoms with Crippen LogP contribution in [0.2, 0.25) is 0 Å². The van der Waals surface area contributed by atoms with Gasteiger partial charge in [0.1, 0.15) is 18.7 Å². The van der Waals surface area contributed by atoms with Crippen LogP contribution < -0.4 is 10.6 Å². The minimum absolute atomic E-state index is 0.00540. The molecular formula is C18H26N2O6. The standard InChI is InChI=1S/C18H26N2O6/c1-4-11(2)14(17(23)24)19-16(22)15(12(3)21)20-18(25)26-10-13-8-6-5-7-9-13/h5-9,11-12,14-15,21H,4,10H2,1-3H3,(H,19,22)(H,20,25)(H,23,24)/t11-,12+,14-,15-/m0/s1. The van der Waals surface area contributed by atoms with Crippen LogP contribution in [-0.4, -0.2) is 46.4 Å². The minimum atomic E-state index is -1.33. The third-order valence-corrected chi connectivity index (χ3v) is 4.03. The molecule has 0 bridgehead atoms. The number of aliphatic carboxylic acids is 1. The summed E-state index contributed by atoms with van der Waals surface area (Å²) in [4.78, 5) is 35.5. The number of hydrogen-bond donors (Lipinski definition) is 4. The third kappa shape index (κ3) is 6.72. The van der Waals surface area contributed by atoms with Gasteiger partial charge in [0.15, 0.2) is 0 Å². The molecule has 8 nitrogen and oxygen atoms in total. The monoisotopic (exact) mass is 366 g/mol. The zero-order valence-electron chi connectivity index (χ0n) is 15.1. The lowest BCUT2D eigenvalue weighted by atomic mass is 9.98. The van der Waals surface area contributed by atoms with Crippen LogP contribution in [0.15, 0.2) is 30.3 Å². The van der Waals surface area contributed by atoms with Crippen LogP contribution in [0.3, 0.4) is 0 Å². The van der Waals surface area contributed by atoms with Gasteiger partial charge in [-0.25, -0.2) is 9.59 Å². The molecule has 0 fully saturated rings. The number of nitrogens with one attached hydrogen (secondary N) is 2. The molecule has 26 heavy (non-hydrogen) atoms. The molecule has 0 aliphatic rings. The number of benzene rings is 1. The van der Waals surface area contributed by atoms with Gasteiger partial charge in [0.2, 0.25) is 5.91 Å². The summed E-state index contributed by atoms with van der Waals surface area (Å²) in [5.74, 6) is -2.27. The molecular weight excluding hydrogens is 340 g/mol. The van der Waals surface area contributed by atoms with Crippen molar-refractivity contribution in [1.29, 1.82) is 0 Å². The lowest BCUT2D eigenvalue weighted by Gasteiger charge is -2.25. The van der Waals surface area contributed by atoms with E-state index in [9.17, 15) is 24.6 Å². The summed E-state index contributed by atoms with van der Waals surface area (Å²) >= 11 is 0. The Hall–Kier alpha value is -2.61. The summed E-state index contributed by atoms with van der Waals surface area (Å²) < 4.78 is 5.02. The van der Waals surface area contributed by atoms with E-state index >= 15 is 0 Å². The van der Waals surface area contributed by atoms with Gasteiger partial charge in [0.25, 0.3) is 0 Å². The largest absolute Gasteiger partial charge is 0.480 e. The zero-order chi connectivity index (χ0) is 19.7. The fourth-order valence-electron chi connectivity index (χ4n) is 2.22. The smallest absolute Gasteiger partial charge is 0.408 e. The fourth-order valence-corrected chi connectivity index (χ4v) is 2.22. The van der Waals surface area contributed by atoms with E-state index in [1.165, 1.54) is 6.92 Å². The van der Waals surface area contributed by atoms with Crippen LogP contribution >= 0.6 is 0 Å². The van der Waals surface area contributed by atoms with Crippen LogP contribution in [0, 0.1) is 5.92 Å². The molecule has 1 aromatic rings. The Morgan fingerprint density at radius 1 is 1.08 bits per heavy atom. The second kappa shape index (κ2) is 10.4. The lowest BCUT2D eigenvalue weighted by Crippen LogP contribution is -2.57. The van der Waals surface area contributed by atoms with Crippen molar-refractivity contribution >= 4 is 18.0 Å². The van der Waals surface area contributed by atoms with Crippen LogP contribution in [0.25, 0.3) is 0 Å². The van der Waals surface area contributed by atoms with Gasteiger partial charge in [0.05, 0.1) is 6.10 Å². The molecule has 0 heterocycles. The highest BCUT2D eigenvalue weighted by Gasteiger charge is 2.32. The van der Waals surface area contributed by atoms with E-state index in [1.54, 1.807) is 38.1 Å². The minimum Gasteiger partial charge on any atom is -0.480 e. The Balaban J connectivity index is 2.67. The van der Waals surface area contributed by atoms with Gasteiger partial charge in [-0.3, -0.25) is 4.79 Å². The van der Waals surface area contributed by atoms with Crippen LogP contribution in [0.1, 0.15) is 32.8 Å². The van der Waals surface area contributed by atoms with Crippen molar-refractivity contribution in [2.24, 2.45) is 5.92 Å². The predicted molar refractivity (Wildman–Crippen MR) is 94.3 cm³/mol. The summed E-state index contributed by atoms with van der Waals surface area (Å²) in [5.41, 5.74) is 0.767. The predicted octanol–water partition coefficient (Wildman–Crippen LogP) is 1.28. The zero-order valence-corrected chi connectivity index (χ0v) is 15.1. The summed E-state index contributed by atoms with van der Waals surface area (Å²) in [7, 11) is 0. The number of aliphatic hydroxyl groups excluding tert-OH is 1. The molecule has 0 aromatic heterocycles. The fraction of sp³-hybridized carbons (Fsp3) is 0.500. The first kappa shape index (κ1) is 21.4. The van der Waals surface area contributed by atoms with Gasteiger partial charge in [-0.05, 0) is 18.4 Å². The molecule has 0 saturated carbocycles. The normalized spacial score (nSPS) is 15.2. The Morgan fingerprint density at radius 2 is 1.69 bits per heavy atom. The molecule has 0 spiro atoms. The molecule has 0 saturated heterocycles. The molecule has 0 aliphatic carbocycles.